The van der Waals surface area contributed by atoms with E-state index in [1.54, 1.807) is 0 Å². The number of benzene rings is 2. The third kappa shape index (κ3) is 1.43. The maximum atomic E-state index is 9.54. The van der Waals surface area contributed by atoms with Crippen LogP contribution in [0.3, 0.4) is 0 Å². The van der Waals surface area contributed by atoms with E-state index in [0.29, 0.717) is 4.26 Å². The molecule has 1 heterocycles. The van der Waals surface area contributed by atoms with Crippen LogP contribution in [-0.4, -0.2) is 31.7 Å². The monoisotopic (exact) mass is 283 g/mol. The van der Waals surface area contributed by atoms with Crippen molar-refractivity contribution >= 4 is 46.4 Å². The van der Waals surface area contributed by atoms with Crippen molar-refractivity contribution in [1.29, 1.82) is 0 Å². The Hall–Kier alpha value is -1.06. The molecule has 0 aliphatic rings. The minimum atomic E-state index is -2.01. The molecule has 0 aliphatic heterocycles. The number of rotatable bonds is 1. The Kier molecular flexibility index (Phi) is 1.19. The maximum absolute atomic E-state index is 9.54. The van der Waals surface area contributed by atoms with Crippen LogP contribution in [0.5, 0.6) is 0 Å². The Bertz CT molecular complexity index is 986. The van der Waals surface area contributed by atoms with Crippen LogP contribution in [0.1, 0.15) is 9.60 Å². The van der Waals surface area contributed by atoms with Crippen molar-refractivity contribution in [1.82, 2.24) is 0 Å². The summed E-state index contributed by atoms with van der Waals surface area (Å²) in [6, 6.07) is -2.67. The zero-order valence-electron chi connectivity index (χ0n) is 14.9. The van der Waals surface area contributed by atoms with E-state index < -0.39 is 45.8 Å². The molecular formula is C12H9BO2Se. The minimum absolute atomic E-state index is 0.108. The van der Waals surface area contributed by atoms with Crippen molar-refractivity contribution in [2.45, 2.75) is 0 Å². The van der Waals surface area contributed by atoms with Gasteiger partial charge in [-0.1, -0.05) is 0 Å². The number of hydrogen-bond acceptors (Lipinski definition) is 2. The summed E-state index contributed by atoms with van der Waals surface area (Å²) in [5.41, 5.74) is -0.200. The fraction of sp³-hybridized carbons (Fsp3) is 0. The quantitative estimate of drug-likeness (QED) is 0.646. The normalized spacial score (nSPS) is 17.2. The van der Waals surface area contributed by atoms with Crippen LogP contribution < -0.4 is 5.46 Å². The summed E-state index contributed by atoms with van der Waals surface area (Å²) in [4.78, 5) is 0. The molecule has 3 aromatic rings. The van der Waals surface area contributed by atoms with Crippen molar-refractivity contribution in [3.63, 3.8) is 0 Å². The molecule has 0 saturated carbocycles. The molecule has 0 radical (unpaired) electrons. The van der Waals surface area contributed by atoms with Gasteiger partial charge in [0.15, 0.2) is 0 Å². The summed E-state index contributed by atoms with van der Waals surface area (Å²) < 4.78 is 55.8. The van der Waals surface area contributed by atoms with E-state index in [1.165, 1.54) is 0 Å². The van der Waals surface area contributed by atoms with Crippen molar-refractivity contribution in [3.05, 3.63) is 42.3 Å². The van der Waals surface area contributed by atoms with Crippen molar-refractivity contribution in [2.75, 3.05) is 0 Å². The molecule has 3 rings (SSSR count). The predicted octanol–water partition coefficient (Wildman–Crippen LogP) is 0.730. The zero-order chi connectivity index (χ0) is 17.2. The Morgan fingerprint density at radius 1 is 1.00 bits per heavy atom. The standard InChI is InChI=1S/C12H9BO2Se/c14-13(15)10-6-3-5-9-8-4-1-2-7-11(8)16-12(9)10/h1-7,14-15H/i1D,2D,3D,4D,5D,6D,7D. The molecule has 0 saturated heterocycles. The molecule has 2 nitrogen and oxygen atoms in total. The molecule has 0 atom stereocenters. The summed E-state index contributed by atoms with van der Waals surface area (Å²) in [6.07, 6.45) is 0. The van der Waals surface area contributed by atoms with Crippen LogP contribution in [-0.2, 0) is 0 Å². The van der Waals surface area contributed by atoms with E-state index >= 15 is 0 Å². The summed E-state index contributed by atoms with van der Waals surface area (Å²) in [6.45, 7) is 0. The van der Waals surface area contributed by atoms with Gasteiger partial charge < -0.3 is 0 Å². The van der Waals surface area contributed by atoms with E-state index in [0.717, 1.165) is 0 Å². The van der Waals surface area contributed by atoms with Gasteiger partial charge in [-0.25, -0.2) is 0 Å². The van der Waals surface area contributed by atoms with E-state index in [2.05, 4.69) is 0 Å². The number of fused-ring (bicyclic) bond motifs is 3. The summed E-state index contributed by atoms with van der Waals surface area (Å²) in [5, 5.41) is 19.3. The second-order valence-electron chi connectivity index (χ2n) is 3.17. The molecule has 0 spiro atoms. The van der Waals surface area contributed by atoms with Gasteiger partial charge in [0.2, 0.25) is 0 Å². The second-order valence-corrected chi connectivity index (χ2v) is 5.31. The molecule has 1 aromatic heterocycles. The fourth-order valence-electron chi connectivity index (χ4n) is 1.53. The predicted molar refractivity (Wildman–Crippen MR) is 68.2 cm³/mol. The first-order valence-corrected chi connectivity index (χ1v) is 6.18. The van der Waals surface area contributed by atoms with Crippen LogP contribution in [0.2, 0.25) is 0 Å². The summed E-state index contributed by atoms with van der Waals surface area (Å²) in [5.74, 6) is 0. The van der Waals surface area contributed by atoms with Gasteiger partial charge in [0.05, 0.1) is 0 Å². The van der Waals surface area contributed by atoms with Crippen LogP contribution in [0.4, 0.5) is 0 Å². The zero-order valence-corrected chi connectivity index (χ0v) is 9.59. The Morgan fingerprint density at radius 2 is 1.75 bits per heavy atom. The van der Waals surface area contributed by atoms with Crippen LogP contribution in [0, 0.1) is 0 Å². The molecule has 78 valence electrons. The van der Waals surface area contributed by atoms with Gasteiger partial charge in [-0.3, -0.25) is 0 Å². The van der Waals surface area contributed by atoms with Gasteiger partial charge in [-0.2, -0.15) is 0 Å². The van der Waals surface area contributed by atoms with Gasteiger partial charge >= 0.3 is 108 Å². The molecule has 0 amide bonds. The average molecular weight is 282 g/mol. The number of hydrogen-bond donors (Lipinski definition) is 2. The molecule has 4 heteroatoms. The summed E-state index contributed by atoms with van der Waals surface area (Å²) in [7, 11) is -2.01. The Labute approximate surface area is 109 Å². The molecular weight excluding hydrogens is 266 g/mol. The average Bonchev–Trinajstić information content (AvgIpc) is 2.88. The van der Waals surface area contributed by atoms with Gasteiger partial charge in [0.1, 0.15) is 0 Å². The van der Waals surface area contributed by atoms with Crippen molar-refractivity contribution in [2.24, 2.45) is 0 Å². The molecule has 2 N–H and O–H groups in total. The molecule has 0 aliphatic carbocycles. The van der Waals surface area contributed by atoms with Gasteiger partial charge in [0, 0.05) is 0 Å². The first kappa shape index (κ1) is 5.07. The fourth-order valence-corrected chi connectivity index (χ4v) is 3.80. The van der Waals surface area contributed by atoms with E-state index in [4.69, 9.17) is 9.60 Å². The van der Waals surface area contributed by atoms with Crippen LogP contribution >= 0.6 is 0 Å². The first-order chi connectivity index (χ1) is 10.7. The summed E-state index contributed by atoms with van der Waals surface area (Å²) >= 11 is -0.709. The van der Waals surface area contributed by atoms with Gasteiger partial charge in [0.25, 0.3) is 0 Å². The van der Waals surface area contributed by atoms with E-state index in [1.807, 2.05) is 0 Å². The SMILES string of the molecule is [2H]c1c([2H])c([2H])c2c([se]c3c(B(O)O)c([2H])c([2H])c([2H])c32)c1[2H]. The van der Waals surface area contributed by atoms with Crippen LogP contribution in [0.15, 0.2) is 42.3 Å². The van der Waals surface area contributed by atoms with E-state index in [9.17, 15) is 10.0 Å². The molecule has 2 aromatic carbocycles. The second kappa shape index (κ2) is 3.76. The Balaban J connectivity index is 2.72. The third-order valence-electron chi connectivity index (χ3n) is 2.22. The third-order valence-corrected chi connectivity index (χ3v) is 4.61. The Morgan fingerprint density at radius 3 is 2.56 bits per heavy atom. The van der Waals surface area contributed by atoms with Gasteiger partial charge in [-0.15, -0.1) is 0 Å². The van der Waals surface area contributed by atoms with Crippen molar-refractivity contribution < 1.29 is 19.6 Å². The van der Waals surface area contributed by atoms with E-state index in [-0.39, 0.29) is 38.6 Å². The molecule has 0 bridgehead atoms. The molecule has 0 fully saturated rings. The topological polar surface area (TPSA) is 40.5 Å². The molecule has 16 heavy (non-hydrogen) atoms. The van der Waals surface area contributed by atoms with Gasteiger partial charge in [-0.05, 0) is 0 Å². The van der Waals surface area contributed by atoms with Crippen molar-refractivity contribution in [3.8, 4) is 0 Å². The first-order valence-electron chi connectivity index (χ1n) is 7.96. The molecule has 0 unspecified atom stereocenters. The van der Waals surface area contributed by atoms with Crippen LogP contribution in [0.25, 0.3) is 19.3 Å².